The number of hydrogen-bond acceptors (Lipinski definition) is 7. The van der Waals surface area contributed by atoms with Crippen LogP contribution in [0.4, 0.5) is 10.8 Å². The van der Waals surface area contributed by atoms with Gasteiger partial charge in [-0.25, -0.2) is 9.98 Å². The number of amidine groups is 1. The first kappa shape index (κ1) is 20.1. The number of anilines is 2. The molecule has 1 unspecified atom stereocenters. The van der Waals surface area contributed by atoms with Gasteiger partial charge in [0.1, 0.15) is 12.3 Å². The van der Waals surface area contributed by atoms with E-state index in [4.69, 9.17) is 10.5 Å². The van der Waals surface area contributed by atoms with E-state index in [1.165, 1.54) is 5.56 Å². The predicted octanol–water partition coefficient (Wildman–Crippen LogP) is 3.23. The Morgan fingerprint density at radius 2 is 2.07 bits per heavy atom. The molecule has 0 saturated heterocycles. The molecule has 0 fully saturated rings. The van der Waals surface area contributed by atoms with Gasteiger partial charge in [-0.2, -0.15) is 0 Å². The Kier molecular flexibility index (Phi) is 6.18. The molecule has 0 saturated carbocycles. The predicted molar refractivity (Wildman–Crippen MR) is 115 cm³/mol. The maximum atomic E-state index is 12.8. The molecule has 28 heavy (non-hydrogen) atoms. The lowest BCUT2D eigenvalue weighted by atomic mass is 10.1. The molecular weight excluding hydrogens is 374 g/mol. The number of aryl methyl sites for hydroxylation is 1. The summed E-state index contributed by atoms with van der Waals surface area (Å²) in [6, 6.07) is 8.30. The van der Waals surface area contributed by atoms with Gasteiger partial charge in [0.15, 0.2) is 5.13 Å². The van der Waals surface area contributed by atoms with E-state index in [0.717, 1.165) is 28.5 Å². The lowest BCUT2D eigenvalue weighted by molar-refractivity contribution is 0.102. The van der Waals surface area contributed by atoms with Crippen LogP contribution < -0.4 is 16.0 Å². The number of nitrogens with one attached hydrogen (secondary N) is 1. The van der Waals surface area contributed by atoms with E-state index in [1.807, 2.05) is 43.3 Å². The van der Waals surface area contributed by atoms with Crippen molar-refractivity contribution in [2.45, 2.75) is 38.6 Å². The summed E-state index contributed by atoms with van der Waals surface area (Å²) in [4.78, 5) is 24.4. The monoisotopic (exact) mass is 401 g/mol. The fourth-order valence-electron chi connectivity index (χ4n) is 2.93. The number of hydrogen-bond donors (Lipinski definition) is 2. The third-order valence-corrected chi connectivity index (χ3v) is 6.00. The van der Waals surface area contributed by atoms with Crippen LogP contribution in [0.2, 0.25) is 0 Å². The molecule has 8 heteroatoms. The fourth-order valence-corrected chi connectivity index (χ4v) is 3.91. The number of aromatic nitrogens is 1. The average Bonchev–Trinajstić information content (AvgIpc) is 3.28. The molecular formula is C20H27N5O2S. The molecule has 3 rings (SSSR count). The highest BCUT2D eigenvalue weighted by molar-refractivity contribution is 7.16. The first-order valence-corrected chi connectivity index (χ1v) is 10.2. The van der Waals surface area contributed by atoms with Gasteiger partial charge in [0, 0.05) is 24.7 Å². The summed E-state index contributed by atoms with van der Waals surface area (Å²) in [7, 11) is 3.86. The number of thiazole rings is 1. The van der Waals surface area contributed by atoms with Crippen molar-refractivity contribution in [2.24, 2.45) is 10.7 Å². The largest absolute Gasteiger partial charge is 0.463 e. The quantitative estimate of drug-likeness (QED) is 0.743. The lowest BCUT2D eigenvalue weighted by Crippen LogP contribution is -2.15. The number of carbonyl (C=O) groups is 1. The number of ether oxygens (including phenoxy) is 1. The number of aliphatic imine (C=N–C) groups is 1. The zero-order chi connectivity index (χ0) is 20.3. The van der Waals surface area contributed by atoms with Gasteiger partial charge in [0.05, 0.1) is 6.04 Å². The van der Waals surface area contributed by atoms with E-state index in [0.29, 0.717) is 12.3 Å². The first-order chi connectivity index (χ1) is 13.3. The van der Waals surface area contributed by atoms with Gasteiger partial charge in [-0.1, -0.05) is 26.0 Å². The van der Waals surface area contributed by atoms with E-state index < -0.39 is 0 Å². The number of nitrogens with two attached hydrogens (primary N) is 1. The fraction of sp³-hybridized carbons (Fsp3) is 0.450. The zero-order valence-corrected chi connectivity index (χ0v) is 17.5. The van der Waals surface area contributed by atoms with Crippen molar-refractivity contribution in [3.05, 3.63) is 40.4 Å². The van der Waals surface area contributed by atoms with Crippen molar-refractivity contribution in [3.63, 3.8) is 0 Å². The van der Waals surface area contributed by atoms with E-state index in [-0.39, 0.29) is 23.9 Å². The molecule has 3 N–H and O–H groups in total. The van der Waals surface area contributed by atoms with Gasteiger partial charge < -0.3 is 20.7 Å². The van der Waals surface area contributed by atoms with Crippen LogP contribution in [0.25, 0.3) is 0 Å². The molecule has 7 nitrogen and oxygen atoms in total. The second-order valence-corrected chi connectivity index (χ2v) is 8.39. The van der Waals surface area contributed by atoms with Gasteiger partial charge in [0.25, 0.3) is 11.9 Å². The first-order valence-electron chi connectivity index (χ1n) is 9.38. The molecule has 1 atom stereocenters. The van der Waals surface area contributed by atoms with Gasteiger partial charge in [-0.3, -0.25) is 4.79 Å². The van der Waals surface area contributed by atoms with Crippen molar-refractivity contribution in [3.8, 4) is 0 Å². The molecule has 0 spiro atoms. The van der Waals surface area contributed by atoms with E-state index in [2.05, 4.69) is 29.1 Å². The number of amides is 1. The minimum Gasteiger partial charge on any atom is -0.463 e. The lowest BCUT2D eigenvalue weighted by Gasteiger charge is -2.09. The van der Waals surface area contributed by atoms with Gasteiger partial charge >= 0.3 is 0 Å². The second-order valence-electron chi connectivity index (χ2n) is 7.38. The van der Waals surface area contributed by atoms with Gasteiger partial charge in [0.2, 0.25) is 0 Å². The summed E-state index contributed by atoms with van der Waals surface area (Å²) < 4.78 is 5.17. The van der Waals surface area contributed by atoms with Crippen LogP contribution in [0.3, 0.4) is 0 Å². The molecule has 2 heterocycles. The highest BCUT2D eigenvalue weighted by Crippen LogP contribution is 2.31. The van der Waals surface area contributed by atoms with Crippen molar-refractivity contribution in [2.75, 3.05) is 30.9 Å². The summed E-state index contributed by atoms with van der Waals surface area (Å²) in [6.45, 7) is 4.71. The summed E-state index contributed by atoms with van der Waals surface area (Å²) in [5.41, 5.74) is 7.98. The van der Waals surface area contributed by atoms with Crippen LogP contribution in [-0.2, 0) is 11.2 Å². The molecule has 0 bridgehead atoms. The second kappa shape index (κ2) is 8.60. The minimum atomic E-state index is -0.172. The van der Waals surface area contributed by atoms with Crippen molar-refractivity contribution < 1.29 is 9.53 Å². The Bertz CT molecular complexity index is 858. The molecule has 1 aliphatic heterocycles. The summed E-state index contributed by atoms with van der Waals surface area (Å²) >= 11 is 1.56. The summed E-state index contributed by atoms with van der Waals surface area (Å²) in [5, 5.41) is 3.80. The Hall–Kier alpha value is -2.61. The van der Waals surface area contributed by atoms with Gasteiger partial charge in [-0.15, -0.1) is 11.3 Å². The molecule has 1 aromatic carbocycles. The molecule has 0 radical (unpaired) electrons. The topological polar surface area (TPSA) is 92.8 Å². The minimum absolute atomic E-state index is 0.129. The molecule has 0 aliphatic carbocycles. The summed E-state index contributed by atoms with van der Waals surface area (Å²) in [6.07, 6.45) is 1.77. The number of rotatable bonds is 7. The van der Waals surface area contributed by atoms with Crippen molar-refractivity contribution in [1.82, 2.24) is 4.98 Å². The third kappa shape index (κ3) is 4.81. The van der Waals surface area contributed by atoms with Crippen LogP contribution in [0.5, 0.6) is 0 Å². The Morgan fingerprint density at radius 3 is 2.64 bits per heavy atom. The van der Waals surface area contributed by atoms with E-state index in [1.54, 1.807) is 11.3 Å². The third-order valence-electron chi connectivity index (χ3n) is 4.48. The highest BCUT2D eigenvalue weighted by Gasteiger charge is 2.21. The van der Waals surface area contributed by atoms with Crippen LogP contribution in [0.15, 0.2) is 29.3 Å². The standard InChI is InChI=1S/C20H27N5O2S/c1-12(2)17-16(24-20(28-17)25(3)4)18(26)22-14-8-5-13(6-9-14)7-10-15-11-27-19(21)23-15/h5-6,8-9,12,15H,7,10-11H2,1-4H3,(H2,21,23)(H,22,26). The Morgan fingerprint density at radius 1 is 1.36 bits per heavy atom. The smallest absolute Gasteiger partial charge is 0.282 e. The maximum absolute atomic E-state index is 12.8. The maximum Gasteiger partial charge on any atom is 0.282 e. The number of carbonyl (C=O) groups excluding carboxylic acids is 1. The SMILES string of the molecule is CC(C)c1sc(N(C)C)nc1C(=O)Nc1ccc(CCC2COC(N)=N2)cc1. The Balaban J connectivity index is 1.63. The van der Waals surface area contributed by atoms with E-state index in [9.17, 15) is 4.79 Å². The zero-order valence-electron chi connectivity index (χ0n) is 16.7. The van der Waals surface area contributed by atoms with Crippen LogP contribution in [0.1, 0.15) is 47.1 Å². The van der Waals surface area contributed by atoms with Crippen LogP contribution in [-0.4, -0.2) is 43.7 Å². The van der Waals surface area contributed by atoms with Crippen LogP contribution in [0, 0.1) is 0 Å². The van der Waals surface area contributed by atoms with E-state index >= 15 is 0 Å². The number of benzene rings is 1. The normalized spacial score (nSPS) is 16.0. The van der Waals surface area contributed by atoms with Crippen molar-refractivity contribution in [1.29, 1.82) is 0 Å². The average molecular weight is 402 g/mol. The summed E-state index contributed by atoms with van der Waals surface area (Å²) in [5.74, 6) is 0.0688. The molecule has 1 amide bonds. The Labute approximate surface area is 169 Å². The molecule has 150 valence electrons. The van der Waals surface area contributed by atoms with Crippen molar-refractivity contribution >= 4 is 34.1 Å². The molecule has 1 aliphatic rings. The molecule has 1 aromatic heterocycles. The molecule has 2 aromatic rings. The number of nitrogens with zero attached hydrogens (tertiary/aromatic N) is 3. The van der Waals surface area contributed by atoms with Gasteiger partial charge in [-0.05, 0) is 36.5 Å². The highest BCUT2D eigenvalue weighted by atomic mass is 32.1. The van der Waals surface area contributed by atoms with Crippen LogP contribution >= 0.6 is 11.3 Å².